The fourth-order valence-electron chi connectivity index (χ4n) is 2.80. The van der Waals surface area contributed by atoms with Crippen LogP contribution in [0, 0.1) is 0 Å². The number of hydrogen-bond donors (Lipinski definition) is 1. The van der Waals surface area contributed by atoms with Crippen LogP contribution in [0.4, 0.5) is 0 Å². The van der Waals surface area contributed by atoms with Crippen LogP contribution in [0.5, 0.6) is 5.75 Å². The third-order valence-electron chi connectivity index (χ3n) is 4.32. The summed E-state index contributed by atoms with van der Waals surface area (Å²) in [5, 5.41) is 3.45. The lowest BCUT2D eigenvalue weighted by atomic mass is 10.1. The van der Waals surface area contributed by atoms with E-state index in [4.69, 9.17) is 4.74 Å². The van der Waals surface area contributed by atoms with Crippen molar-refractivity contribution in [3.8, 4) is 5.75 Å². The van der Waals surface area contributed by atoms with Gasteiger partial charge in [-0.1, -0.05) is 42.5 Å². The molecule has 1 aliphatic rings. The van der Waals surface area contributed by atoms with E-state index in [9.17, 15) is 8.42 Å². The summed E-state index contributed by atoms with van der Waals surface area (Å²) in [5.74, 6) is 1.46. The van der Waals surface area contributed by atoms with Gasteiger partial charge in [0.05, 0.1) is 11.5 Å². The van der Waals surface area contributed by atoms with Gasteiger partial charge in [-0.25, -0.2) is 8.42 Å². The summed E-state index contributed by atoms with van der Waals surface area (Å²) in [6.45, 7) is 1.32. The average molecular weight is 345 g/mol. The predicted molar refractivity (Wildman–Crippen MR) is 95.7 cm³/mol. The third kappa shape index (κ3) is 5.08. The molecule has 0 radical (unpaired) electrons. The highest BCUT2D eigenvalue weighted by Gasteiger charge is 2.22. The summed E-state index contributed by atoms with van der Waals surface area (Å²) in [6.07, 6.45) is 1.42. The van der Waals surface area contributed by atoms with Gasteiger partial charge >= 0.3 is 0 Å². The van der Waals surface area contributed by atoms with Gasteiger partial charge in [-0.15, -0.1) is 0 Å². The Bertz CT molecular complexity index is 728. The van der Waals surface area contributed by atoms with Crippen LogP contribution in [0.2, 0.25) is 0 Å². The van der Waals surface area contributed by atoms with Gasteiger partial charge in [0, 0.05) is 12.6 Å². The standard InChI is InChI=1S/C19H23NO3S/c21-24(22)12-10-18(11-13-24)20-14-16-6-8-19(9-7-16)23-15-17-4-2-1-3-5-17/h1-9,18,20H,10-15H2. The van der Waals surface area contributed by atoms with E-state index in [1.165, 1.54) is 5.56 Å². The molecule has 24 heavy (non-hydrogen) atoms. The first-order chi connectivity index (χ1) is 11.6. The van der Waals surface area contributed by atoms with Crippen LogP contribution in [0.25, 0.3) is 0 Å². The van der Waals surface area contributed by atoms with E-state index < -0.39 is 9.84 Å². The Morgan fingerprint density at radius 3 is 2.25 bits per heavy atom. The summed E-state index contributed by atoms with van der Waals surface area (Å²) in [7, 11) is -2.79. The zero-order valence-corrected chi connectivity index (χ0v) is 14.5. The number of hydrogen-bond acceptors (Lipinski definition) is 4. The minimum absolute atomic E-state index is 0.294. The van der Waals surface area contributed by atoms with Gasteiger partial charge in [-0.05, 0) is 36.1 Å². The van der Waals surface area contributed by atoms with Crippen LogP contribution in [0.15, 0.2) is 54.6 Å². The molecule has 2 aromatic carbocycles. The summed E-state index contributed by atoms with van der Waals surface area (Å²) >= 11 is 0. The fraction of sp³-hybridized carbons (Fsp3) is 0.368. The lowest BCUT2D eigenvalue weighted by Crippen LogP contribution is -2.37. The van der Waals surface area contributed by atoms with Gasteiger partial charge in [-0.3, -0.25) is 0 Å². The summed E-state index contributed by atoms with van der Waals surface area (Å²) < 4.78 is 28.6. The molecule has 0 aromatic heterocycles. The number of ether oxygens (including phenoxy) is 1. The zero-order chi connectivity index (χ0) is 16.8. The molecule has 1 aliphatic heterocycles. The maximum Gasteiger partial charge on any atom is 0.150 e. The van der Waals surface area contributed by atoms with Crippen molar-refractivity contribution >= 4 is 9.84 Å². The van der Waals surface area contributed by atoms with Crippen molar-refractivity contribution < 1.29 is 13.2 Å². The van der Waals surface area contributed by atoms with Crippen molar-refractivity contribution in [2.45, 2.75) is 32.0 Å². The SMILES string of the molecule is O=S1(=O)CCC(NCc2ccc(OCc3ccccc3)cc2)CC1. The number of sulfone groups is 1. The predicted octanol–water partition coefficient (Wildman–Crippen LogP) is 2.93. The van der Waals surface area contributed by atoms with Crippen molar-refractivity contribution in [1.29, 1.82) is 0 Å². The monoisotopic (exact) mass is 345 g/mol. The quantitative estimate of drug-likeness (QED) is 0.875. The largest absolute Gasteiger partial charge is 0.489 e. The first-order valence-corrected chi connectivity index (χ1v) is 10.1. The average Bonchev–Trinajstić information content (AvgIpc) is 2.61. The smallest absolute Gasteiger partial charge is 0.150 e. The van der Waals surface area contributed by atoms with E-state index >= 15 is 0 Å². The molecule has 4 nitrogen and oxygen atoms in total. The summed E-state index contributed by atoms with van der Waals surface area (Å²) in [5.41, 5.74) is 2.32. The van der Waals surface area contributed by atoms with E-state index in [2.05, 4.69) is 5.32 Å². The first-order valence-electron chi connectivity index (χ1n) is 8.30. The second-order valence-corrected chi connectivity index (χ2v) is 8.53. The molecule has 128 valence electrons. The highest BCUT2D eigenvalue weighted by molar-refractivity contribution is 7.91. The van der Waals surface area contributed by atoms with Crippen LogP contribution in [-0.2, 0) is 23.0 Å². The second-order valence-electron chi connectivity index (χ2n) is 6.23. The Hall–Kier alpha value is -1.85. The van der Waals surface area contributed by atoms with E-state index in [0.29, 0.717) is 37.0 Å². The fourth-order valence-corrected chi connectivity index (χ4v) is 4.29. The maximum absolute atomic E-state index is 11.4. The van der Waals surface area contributed by atoms with Crippen molar-refractivity contribution in [3.05, 3.63) is 65.7 Å². The molecule has 0 spiro atoms. The van der Waals surface area contributed by atoms with Gasteiger partial charge in [0.25, 0.3) is 0 Å². The molecular weight excluding hydrogens is 322 g/mol. The van der Waals surface area contributed by atoms with Crippen LogP contribution in [0.1, 0.15) is 24.0 Å². The van der Waals surface area contributed by atoms with Gasteiger partial charge in [0.1, 0.15) is 22.2 Å². The number of nitrogens with one attached hydrogen (secondary N) is 1. The molecule has 0 saturated carbocycles. The zero-order valence-electron chi connectivity index (χ0n) is 13.6. The Morgan fingerprint density at radius 1 is 0.917 bits per heavy atom. The minimum Gasteiger partial charge on any atom is -0.489 e. The highest BCUT2D eigenvalue weighted by Crippen LogP contribution is 2.16. The molecule has 0 atom stereocenters. The first kappa shape index (κ1) is 17.0. The number of rotatable bonds is 6. The number of benzene rings is 2. The van der Waals surface area contributed by atoms with Crippen molar-refractivity contribution in [1.82, 2.24) is 5.32 Å². The van der Waals surface area contributed by atoms with Gasteiger partial charge in [0.15, 0.2) is 0 Å². The Labute approximate surface area is 143 Å². The van der Waals surface area contributed by atoms with E-state index in [-0.39, 0.29) is 0 Å². The van der Waals surface area contributed by atoms with Crippen LogP contribution < -0.4 is 10.1 Å². The van der Waals surface area contributed by atoms with Crippen molar-refractivity contribution in [2.75, 3.05) is 11.5 Å². The van der Waals surface area contributed by atoms with Crippen LogP contribution in [0.3, 0.4) is 0 Å². The lowest BCUT2D eigenvalue weighted by molar-refractivity contribution is 0.306. The molecule has 0 amide bonds. The molecule has 3 rings (SSSR count). The molecule has 0 unspecified atom stereocenters. The van der Waals surface area contributed by atoms with Gasteiger partial charge < -0.3 is 10.1 Å². The lowest BCUT2D eigenvalue weighted by Gasteiger charge is -2.23. The molecule has 1 saturated heterocycles. The molecular formula is C19H23NO3S. The Morgan fingerprint density at radius 2 is 1.58 bits per heavy atom. The second kappa shape index (κ2) is 7.81. The molecule has 0 aliphatic carbocycles. The molecule has 1 N–H and O–H groups in total. The summed E-state index contributed by atoms with van der Waals surface area (Å²) in [6, 6.07) is 18.4. The third-order valence-corrected chi connectivity index (χ3v) is 6.04. The van der Waals surface area contributed by atoms with E-state index in [0.717, 1.165) is 17.9 Å². The summed E-state index contributed by atoms with van der Waals surface area (Å²) in [4.78, 5) is 0. The topological polar surface area (TPSA) is 55.4 Å². The van der Waals surface area contributed by atoms with Crippen molar-refractivity contribution in [2.24, 2.45) is 0 Å². The van der Waals surface area contributed by atoms with Crippen LogP contribution >= 0.6 is 0 Å². The molecule has 2 aromatic rings. The highest BCUT2D eigenvalue weighted by atomic mass is 32.2. The molecule has 0 bridgehead atoms. The molecule has 5 heteroatoms. The Kier molecular flexibility index (Phi) is 5.53. The molecule has 1 fully saturated rings. The van der Waals surface area contributed by atoms with E-state index in [1.54, 1.807) is 0 Å². The Balaban J connectivity index is 1.45. The van der Waals surface area contributed by atoms with E-state index in [1.807, 2.05) is 54.6 Å². The maximum atomic E-state index is 11.4. The molecule has 1 heterocycles. The van der Waals surface area contributed by atoms with Gasteiger partial charge in [0.2, 0.25) is 0 Å². The minimum atomic E-state index is -2.79. The van der Waals surface area contributed by atoms with Crippen molar-refractivity contribution in [3.63, 3.8) is 0 Å². The normalized spacial score (nSPS) is 17.5. The van der Waals surface area contributed by atoms with Gasteiger partial charge in [-0.2, -0.15) is 0 Å². The van der Waals surface area contributed by atoms with Crippen LogP contribution in [-0.4, -0.2) is 26.0 Å².